The van der Waals surface area contributed by atoms with Crippen molar-refractivity contribution in [3.8, 4) is 0 Å². The first-order valence-electron chi connectivity index (χ1n) is 8.81. The number of fused-ring (bicyclic) bond motifs is 3. The normalized spacial score (nSPS) is 45.0. The van der Waals surface area contributed by atoms with Crippen molar-refractivity contribution >= 4 is 5.78 Å². The molecule has 0 aromatic carbocycles. The van der Waals surface area contributed by atoms with Gasteiger partial charge in [0.1, 0.15) is 11.5 Å². The summed E-state index contributed by atoms with van der Waals surface area (Å²) in [5.41, 5.74) is -0.0825. The highest BCUT2D eigenvalue weighted by atomic mass is 16.5. The summed E-state index contributed by atoms with van der Waals surface area (Å²) in [6.07, 6.45) is 8.06. The molecule has 0 aromatic heterocycles. The van der Waals surface area contributed by atoms with Crippen LogP contribution in [-0.4, -0.2) is 49.3 Å². The molecule has 4 heteroatoms. The fourth-order valence-electron chi connectivity index (χ4n) is 5.38. The van der Waals surface area contributed by atoms with E-state index < -0.39 is 0 Å². The molecular weight excluding hydrogens is 266 g/mol. The first kappa shape index (κ1) is 14.2. The van der Waals surface area contributed by atoms with Gasteiger partial charge in [-0.05, 0) is 38.0 Å². The standard InChI is InChI=1S/C17H27NO3/c19-16-6-3-4-13-14(16)12-21-17(7-2-1-5-15(13)17)18-8-10-20-11-9-18/h13-15H,1-12H2. The van der Waals surface area contributed by atoms with Crippen LogP contribution >= 0.6 is 0 Å². The van der Waals surface area contributed by atoms with Gasteiger partial charge in [0.25, 0.3) is 0 Å². The van der Waals surface area contributed by atoms with Crippen LogP contribution in [0.5, 0.6) is 0 Å². The average molecular weight is 293 g/mol. The molecule has 0 radical (unpaired) electrons. The van der Waals surface area contributed by atoms with E-state index >= 15 is 0 Å². The van der Waals surface area contributed by atoms with Crippen LogP contribution in [0.4, 0.5) is 0 Å². The summed E-state index contributed by atoms with van der Waals surface area (Å²) in [4.78, 5) is 14.8. The molecule has 0 N–H and O–H groups in total. The number of carbonyl (C=O) groups is 1. The molecule has 2 saturated heterocycles. The van der Waals surface area contributed by atoms with Crippen LogP contribution in [0.1, 0.15) is 44.9 Å². The van der Waals surface area contributed by atoms with Crippen LogP contribution in [0.2, 0.25) is 0 Å². The van der Waals surface area contributed by atoms with Crippen molar-refractivity contribution in [1.82, 2.24) is 4.90 Å². The molecule has 2 heterocycles. The van der Waals surface area contributed by atoms with Crippen LogP contribution in [0.25, 0.3) is 0 Å². The van der Waals surface area contributed by atoms with Gasteiger partial charge in [-0.3, -0.25) is 9.69 Å². The SMILES string of the molecule is O=C1CCCC2C1COC1(N3CCOCC3)CCCCC21. The lowest BCUT2D eigenvalue weighted by Gasteiger charge is -2.59. The van der Waals surface area contributed by atoms with Crippen LogP contribution in [0.3, 0.4) is 0 Å². The minimum Gasteiger partial charge on any atom is -0.379 e. The second-order valence-corrected chi connectivity index (χ2v) is 7.24. The number of ketones is 1. The third-order valence-electron chi connectivity index (χ3n) is 6.35. The second-order valence-electron chi connectivity index (χ2n) is 7.24. The quantitative estimate of drug-likeness (QED) is 0.743. The Balaban J connectivity index is 1.63. The van der Waals surface area contributed by atoms with Gasteiger partial charge >= 0.3 is 0 Å². The van der Waals surface area contributed by atoms with Crippen molar-refractivity contribution < 1.29 is 14.3 Å². The van der Waals surface area contributed by atoms with Crippen LogP contribution in [0.15, 0.2) is 0 Å². The number of hydrogen-bond donors (Lipinski definition) is 0. The molecule has 2 aliphatic carbocycles. The van der Waals surface area contributed by atoms with Gasteiger partial charge in [0.2, 0.25) is 0 Å². The molecule has 2 saturated carbocycles. The Morgan fingerprint density at radius 2 is 1.95 bits per heavy atom. The van der Waals surface area contributed by atoms with E-state index in [1.54, 1.807) is 0 Å². The lowest BCUT2D eigenvalue weighted by Crippen LogP contribution is -2.66. The van der Waals surface area contributed by atoms with Crippen molar-refractivity contribution in [2.24, 2.45) is 17.8 Å². The van der Waals surface area contributed by atoms with Gasteiger partial charge < -0.3 is 9.47 Å². The molecule has 0 bridgehead atoms. The Morgan fingerprint density at radius 3 is 2.81 bits per heavy atom. The molecular formula is C17H27NO3. The summed E-state index contributed by atoms with van der Waals surface area (Å²) in [6, 6.07) is 0. The highest BCUT2D eigenvalue weighted by molar-refractivity contribution is 5.82. The molecule has 2 aliphatic heterocycles. The lowest BCUT2D eigenvalue weighted by molar-refractivity contribution is -0.269. The van der Waals surface area contributed by atoms with Crippen molar-refractivity contribution in [3.05, 3.63) is 0 Å². The van der Waals surface area contributed by atoms with E-state index in [4.69, 9.17) is 9.47 Å². The summed E-state index contributed by atoms with van der Waals surface area (Å²) < 4.78 is 12.0. The number of ether oxygens (including phenoxy) is 2. The van der Waals surface area contributed by atoms with E-state index in [0.29, 0.717) is 24.2 Å². The molecule has 4 atom stereocenters. The predicted octanol–water partition coefficient (Wildman–Crippen LogP) is 2.22. The number of rotatable bonds is 1. The summed E-state index contributed by atoms with van der Waals surface area (Å²) in [7, 11) is 0. The van der Waals surface area contributed by atoms with E-state index in [0.717, 1.165) is 45.6 Å². The third kappa shape index (κ3) is 2.27. The molecule has 0 spiro atoms. The van der Waals surface area contributed by atoms with Gasteiger partial charge in [-0.25, -0.2) is 0 Å². The molecule has 0 amide bonds. The zero-order valence-electron chi connectivity index (χ0n) is 12.9. The van der Waals surface area contributed by atoms with Crippen molar-refractivity contribution in [2.75, 3.05) is 32.9 Å². The minimum atomic E-state index is -0.0825. The maximum atomic E-state index is 12.3. The number of hydrogen-bond acceptors (Lipinski definition) is 4. The highest BCUT2D eigenvalue weighted by Gasteiger charge is 2.56. The summed E-state index contributed by atoms with van der Waals surface area (Å²) >= 11 is 0. The molecule has 21 heavy (non-hydrogen) atoms. The monoisotopic (exact) mass is 293 g/mol. The summed E-state index contributed by atoms with van der Waals surface area (Å²) in [6.45, 7) is 4.29. The largest absolute Gasteiger partial charge is 0.379 e. The predicted molar refractivity (Wildman–Crippen MR) is 78.9 cm³/mol. The van der Waals surface area contributed by atoms with E-state index in [1.807, 2.05) is 0 Å². The first-order chi connectivity index (χ1) is 10.3. The van der Waals surface area contributed by atoms with Gasteiger partial charge in [-0.1, -0.05) is 6.42 Å². The highest BCUT2D eigenvalue weighted by Crippen LogP contribution is 2.52. The average Bonchev–Trinajstić information content (AvgIpc) is 2.56. The van der Waals surface area contributed by atoms with Gasteiger partial charge in [-0.15, -0.1) is 0 Å². The lowest BCUT2D eigenvalue weighted by atomic mass is 9.62. The van der Waals surface area contributed by atoms with Gasteiger partial charge in [0, 0.05) is 31.3 Å². The number of morpholine rings is 1. The summed E-state index contributed by atoms with van der Waals surface area (Å²) in [5.74, 6) is 1.79. The van der Waals surface area contributed by atoms with Crippen LogP contribution < -0.4 is 0 Å². The Kier molecular flexibility index (Phi) is 3.80. The Hall–Kier alpha value is -0.450. The Morgan fingerprint density at radius 1 is 1.10 bits per heavy atom. The molecule has 0 aromatic rings. The molecule has 4 rings (SSSR count). The van der Waals surface area contributed by atoms with Crippen molar-refractivity contribution in [3.63, 3.8) is 0 Å². The van der Waals surface area contributed by atoms with Gasteiger partial charge in [0.15, 0.2) is 0 Å². The van der Waals surface area contributed by atoms with Gasteiger partial charge in [-0.2, -0.15) is 0 Å². The molecule has 4 fully saturated rings. The maximum absolute atomic E-state index is 12.3. The summed E-state index contributed by atoms with van der Waals surface area (Å²) in [5, 5.41) is 0. The topological polar surface area (TPSA) is 38.8 Å². The Bertz CT molecular complexity index is 407. The number of nitrogens with zero attached hydrogens (tertiary/aromatic N) is 1. The molecule has 4 nitrogen and oxygen atoms in total. The molecule has 4 aliphatic rings. The minimum absolute atomic E-state index is 0.0825. The molecule has 4 unspecified atom stereocenters. The van der Waals surface area contributed by atoms with E-state index in [2.05, 4.69) is 4.90 Å². The van der Waals surface area contributed by atoms with Gasteiger partial charge in [0.05, 0.1) is 19.8 Å². The molecule has 118 valence electrons. The maximum Gasteiger partial charge on any atom is 0.138 e. The Labute approximate surface area is 127 Å². The second kappa shape index (κ2) is 5.64. The zero-order chi connectivity index (χ0) is 14.3. The zero-order valence-corrected chi connectivity index (χ0v) is 12.9. The van der Waals surface area contributed by atoms with Crippen molar-refractivity contribution in [1.29, 1.82) is 0 Å². The fourth-order valence-corrected chi connectivity index (χ4v) is 5.38. The smallest absolute Gasteiger partial charge is 0.138 e. The first-order valence-corrected chi connectivity index (χ1v) is 8.81. The van der Waals surface area contributed by atoms with E-state index in [-0.39, 0.29) is 11.6 Å². The van der Waals surface area contributed by atoms with E-state index in [1.165, 1.54) is 25.7 Å². The fraction of sp³-hybridized carbons (Fsp3) is 0.941. The number of Topliss-reactive ketones (excluding diaryl/α,β-unsaturated/α-hetero) is 1. The van der Waals surface area contributed by atoms with Crippen LogP contribution in [0, 0.1) is 17.8 Å². The van der Waals surface area contributed by atoms with Crippen LogP contribution in [-0.2, 0) is 14.3 Å². The number of carbonyl (C=O) groups excluding carboxylic acids is 1. The third-order valence-corrected chi connectivity index (χ3v) is 6.35. The van der Waals surface area contributed by atoms with Crippen molar-refractivity contribution in [2.45, 2.75) is 50.7 Å². The van der Waals surface area contributed by atoms with E-state index in [9.17, 15) is 4.79 Å².